The van der Waals surface area contributed by atoms with E-state index in [-0.39, 0.29) is 0 Å². The van der Waals surface area contributed by atoms with Gasteiger partial charge in [0, 0.05) is 35.2 Å². The fourth-order valence-electron chi connectivity index (χ4n) is 1.90. The van der Waals surface area contributed by atoms with Gasteiger partial charge >= 0.3 is 0 Å². The quantitative estimate of drug-likeness (QED) is 0.772. The van der Waals surface area contributed by atoms with Crippen LogP contribution in [-0.4, -0.2) is 21.4 Å². The van der Waals surface area contributed by atoms with Gasteiger partial charge in [-0.25, -0.2) is 9.97 Å². The largest absolute Gasteiger partial charge is 0.372 e. The van der Waals surface area contributed by atoms with Crippen LogP contribution in [0, 0.1) is 0 Å². The maximum atomic E-state index is 5.99. The van der Waals surface area contributed by atoms with Crippen LogP contribution in [0.3, 0.4) is 0 Å². The highest BCUT2D eigenvalue weighted by Gasteiger charge is 2.08. The molecule has 1 aromatic carbocycles. The molecule has 0 bridgehead atoms. The zero-order valence-corrected chi connectivity index (χ0v) is 12.1. The molecule has 0 aliphatic heterocycles. The molecule has 7 heteroatoms. The van der Waals surface area contributed by atoms with Gasteiger partial charge in [-0.2, -0.15) is 0 Å². The van der Waals surface area contributed by atoms with Gasteiger partial charge in [0.2, 0.25) is 0 Å². The van der Waals surface area contributed by atoms with Crippen LogP contribution in [0.4, 0.5) is 17.3 Å². The molecule has 0 amide bonds. The minimum Gasteiger partial charge on any atom is -0.372 e. The van der Waals surface area contributed by atoms with Gasteiger partial charge in [0.15, 0.2) is 11.5 Å². The molecule has 0 aliphatic carbocycles. The normalized spacial score (nSPS) is 10.8. The van der Waals surface area contributed by atoms with Gasteiger partial charge in [-0.1, -0.05) is 23.2 Å². The summed E-state index contributed by atoms with van der Waals surface area (Å²) in [5, 5.41) is 7.31. The molecule has 3 rings (SSSR count). The summed E-state index contributed by atoms with van der Waals surface area (Å²) >= 11 is 12.0. The number of hydrogen-bond donors (Lipinski definition) is 2. The molecule has 3 aromatic rings. The molecule has 0 aliphatic rings. The summed E-state index contributed by atoms with van der Waals surface area (Å²) in [6.07, 6.45) is 5.43. The molecular weight excluding hydrogens is 297 g/mol. The number of halogens is 2. The zero-order chi connectivity index (χ0) is 14.1. The van der Waals surface area contributed by atoms with Crippen LogP contribution in [0.2, 0.25) is 10.0 Å². The Morgan fingerprint density at radius 2 is 1.90 bits per heavy atom. The van der Waals surface area contributed by atoms with Crippen molar-refractivity contribution >= 4 is 46.2 Å². The summed E-state index contributed by atoms with van der Waals surface area (Å²) in [6.45, 7) is 0. The Labute approximate surface area is 125 Å². The van der Waals surface area contributed by atoms with Crippen LogP contribution in [-0.2, 0) is 0 Å². The second kappa shape index (κ2) is 5.19. The van der Waals surface area contributed by atoms with E-state index in [2.05, 4.69) is 20.6 Å². The third-order valence-electron chi connectivity index (χ3n) is 2.76. The minimum atomic E-state index is 0.559. The Bertz CT molecular complexity index is 748. The van der Waals surface area contributed by atoms with Crippen LogP contribution in [0.5, 0.6) is 0 Å². The van der Waals surface area contributed by atoms with Crippen molar-refractivity contribution in [2.24, 2.45) is 0 Å². The number of rotatable bonds is 3. The molecule has 2 heterocycles. The van der Waals surface area contributed by atoms with E-state index in [1.807, 2.05) is 23.8 Å². The first-order chi connectivity index (χ1) is 9.65. The third-order valence-corrected chi connectivity index (χ3v) is 3.19. The van der Waals surface area contributed by atoms with Gasteiger partial charge < -0.3 is 15.0 Å². The first-order valence-corrected chi connectivity index (χ1v) is 6.66. The Morgan fingerprint density at radius 3 is 2.60 bits per heavy atom. The van der Waals surface area contributed by atoms with Crippen molar-refractivity contribution in [3.8, 4) is 0 Å². The van der Waals surface area contributed by atoms with Crippen molar-refractivity contribution in [1.82, 2.24) is 14.4 Å². The molecule has 0 saturated heterocycles. The summed E-state index contributed by atoms with van der Waals surface area (Å²) in [7, 11) is 1.81. The lowest BCUT2D eigenvalue weighted by Gasteiger charge is -2.10. The molecule has 5 nitrogen and oxygen atoms in total. The van der Waals surface area contributed by atoms with E-state index in [9.17, 15) is 0 Å². The average molecular weight is 308 g/mol. The van der Waals surface area contributed by atoms with Gasteiger partial charge in [-0.15, -0.1) is 0 Å². The van der Waals surface area contributed by atoms with Gasteiger partial charge in [0.05, 0.1) is 6.20 Å². The zero-order valence-electron chi connectivity index (χ0n) is 10.6. The number of nitrogens with one attached hydrogen (secondary N) is 2. The molecule has 0 saturated carbocycles. The van der Waals surface area contributed by atoms with E-state index < -0.39 is 0 Å². The Morgan fingerprint density at radius 1 is 1.15 bits per heavy atom. The maximum Gasteiger partial charge on any atom is 0.180 e. The number of benzene rings is 1. The minimum absolute atomic E-state index is 0.559. The third kappa shape index (κ3) is 2.50. The molecule has 2 N–H and O–H groups in total. The fourth-order valence-corrected chi connectivity index (χ4v) is 2.42. The van der Waals surface area contributed by atoms with E-state index >= 15 is 0 Å². The molecule has 2 aromatic heterocycles. The smallest absolute Gasteiger partial charge is 0.180 e. The number of aromatic nitrogens is 3. The first kappa shape index (κ1) is 13.0. The van der Waals surface area contributed by atoms with Crippen molar-refractivity contribution in [2.45, 2.75) is 0 Å². The second-order valence-corrected chi connectivity index (χ2v) is 5.04. The highest BCUT2D eigenvalue weighted by Crippen LogP contribution is 2.26. The van der Waals surface area contributed by atoms with Crippen molar-refractivity contribution in [1.29, 1.82) is 0 Å². The van der Waals surface area contributed by atoms with Crippen molar-refractivity contribution in [3.63, 3.8) is 0 Å². The Hall–Kier alpha value is -1.98. The maximum absolute atomic E-state index is 5.99. The lowest BCUT2D eigenvalue weighted by atomic mass is 10.3. The lowest BCUT2D eigenvalue weighted by Crippen LogP contribution is -2.02. The molecule has 0 spiro atoms. The van der Waals surface area contributed by atoms with Gasteiger partial charge in [0.25, 0.3) is 0 Å². The number of imidazole rings is 1. The van der Waals surface area contributed by atoms with Crippen LogP contribution in [0.1, 0.15) is 0 Å². The van der Waals surface area contributed by atoms with E-state index in [1.54, 1.807) is 24.4 Å². The highest BCUT2D eigenvalue weighted by molar-refractivity contribution is 6.35. The number of fused-ring (bicyclic) bond motifs is 1. The summed E-state index contributed by atoms with van der Waals surface area (Å²) in [4.78, 5) is 8.73. The topological polar surface area (TPSA) is 54.2 Å². The monoisotopic (exact) mass is 307 g/mol. The predicted octanol–water partition coefficient (Wildman–Crippen LogP) is 3.82. The van der Waals surface area contributed by atoms with Crippen LogP contribution in [0.25, 0.3) is 5.65 Å². The van der Waals surface area contributed by atoms with Gasteiger partial charge in [-0.3, -0.25) is 0 Å². The predicted molar refractivity (Wildman–Crippen MR) is 82.3 cm³/mol. The van der Waals surface area contributed by atoms with Crippen LogP contribution >= 0.6 is 23.2 Å². The molecular formula is C13H11Cl2N5. The number of anilines is 3. The molecule has 0 atom stereocenters. The van der Waals surface area contributed by atoms with Gasteiger partial charge in [0.1, 0.15) is 5.82 Å². The Balaban J connectivity index is 2.07. The van der Waals surface area contributed by atoms with Crippen molar-refractivity contribution in [3.05, 3.63) is 46.8 Å². The van der Waals surface area contributed by atoms with Gasteiger partial charge in [-0.05, 0) is 18.2 Å². The van der Waals surface area contributed by atoms with Crippen LogP contribution < -0.4 is 10.6 Å². The molecule has 0 fully saturated rings. The highest BCUT2D eigenvalue weighted by atomic mass is 35.5. The second-order valence-electron chi connectivity index (χ2n) is 4.17. The summed E-state index contributed by atoms with van der Waals surface area (Å²) in [5.41, 5.74) is 1.48. The van der Waals surface area contributed by atoms with E-state index in [4.69, 9.17) is 23.2 Å². The van der Waals surface area contributed by atoms with Crippen LogP contribution in [0.15, 0.2) is 36.8 Å². The van der Waals surface area contributed by atoms with Crippen molar-refractivity contribution in [2.75, 3.05) is 17.7 Å². The number of nitrogens with zero attached hydrogens (tertiary/aromatic N) is 3. The van der Waals surface area contributed by atoms with Crippen molar-refractivity contribution < 1.29 is 0 Å². The average Bonchev–Trinajstić information content (AvgIpc) is 2.85. The first-order valence-electron chi connectivity index (χ1n) is 5.90. The number of hydrogen-bond acceptors (Lipinski definition) is 4. The summed E-state index contributed by atoms with van der Waals surface area (Å²) < 4.78 is 1.88. The SMILES string of the molecule is CNc1cn2ccnc2c(Nc2cc(Cl)cc(Cl)c2)n1. The van der Waals surface area contributed by atoms with E-state index in [0.717, 1.165) is 17.2 Å². The van der Waals surface area contributed by atoms with E-state index in [1.165, 1.54) is 0 Å². The molecule has 0 unspecified atom stereocenters. The summed E-state index contributed by atoms with van der Waals surface area (Å²) in [5.74, 6) is 1.35. The van der Waals surface area contributed by atoms with E-state index in [0.29, 0.717) is 15.9 Å². The molecule has 0 radical (unpaired) electrons. The molecule has 102 valence electrons. The summed E-state index contributed by atoms with van der Waals surface area (Å²) in [6, 6.07) is 5.23. The lowest BCUT2D eigenvalue weighted by molar-refractivity contribution is 1.12. The molecule has 20 heavy (non-hydrogen) atoms. The Kier molecular flexibility index (Phi) is 3.38. The fraction of sp³-hybridized carbons (Fsp3) is 0.0769. The standard InChI is InChI=1S/C13H11Cl2N5/c1-16-11-7-20-3-2-17-13(20)12(19-11)18-10-5-8(14)4-9(15)6-10/h2-7,16H,1H3,(H,18,19).